The van der Waals surface area contributed by atoms with Crippen molar-refractivity contribution in [2.45, 2.75) is 20.3 Å². The molecule has 0 atom stereocenters. The Hall–Kier alpha value is -2.79. The van der Waals surface area contributed by atoms with E-state index < -0.39 is 0 Å². The zero-order valence-electron chi connectivity index (χ0n) is 17.3. The molecule has 5 nitrogen and oxygen atoms in total. The summed E-state index contributed by atoms with van der Waals surface area (Å²) >= 11 is 0. The molecule has 0 aliphatic carbocycles. The predicted octanol–water partition coefficient (Wildman–Crippen LogP) is 4.16. The molecule has 5 heteroatoms. The molecule has 0 fully saturated rings. The standard InChI is InChI=1S/C23H28N2O3/c1-15-6-8-18-19(12-15)24-16(2)23(18)20(26)14-25(3)11-10-17-7-9-21(27-4)22(13-17)28-5/h6-9,12-13,24H,10-11,14H2,1-5H3. The number of hydrogen-bond acceptors (Lipinski definition) is 4. The van der Waals surface area contributed by atoms with Crippen LogP contribution < -0.4 is 9.47 Å². The van der Waals surface area contributed by atoms with Crippen LogP contribution in [-0.2, 0) is 6.42 Å². The van der Waals surface area contributed by atoms with Gasteiger partial charge in [-0.2, -0.15) is 0 Å². The maximum atomic E-state index is 12.9. The number of ether oxygens (including phenoxy) is 2. The normalized spacial score (nSPS) is 11.2. The van der Waals surface area contributed by atoms with Gasteiger partial charge in [-0.05, 0) is 56.6 Å². The second-order valence-electron chi connectivity index (χ2n) is 7.27. The van der Waals surface area contributed by atoms with Crippen LogP contribution in [0, 0.1) is 13.8 Å². The van der Waals surface area contributed by atoms with Crippen LogP contribution in [-0.4, -0.2) is 50.0 Å². The van der Waals surface area contributed by atoms with Gasteiger partial charge in [-0.25, -0.2) is 0 Å². The smallest absolute Gasteiger partial charge is 0.179 e. The van der Waals surface area contributed by atoms with E-state index in [0.717, 1.165) is 52.2 Å². The van der Waals surface area contributed by atoms with E-state index in [4.69, 9.17) is 9.47 Å². The number of aromatic nitrogens is 1. The lowest BCUT2D eigenvalue weighted by molar-refractivity contribution is 0.0948. The quantitative estimate of drug-likeness (QED) is 0.596. The van der Waals surface area contributed by atoms with Gasteiger partial charge in [0.25, 0.3) is 0 Å². The summed E-state index contributed by atoms with van der Waals surface area (Å²) in [7, 11) is 5.25. The second kappa shape index (κ2) is 8.48. The molecule has 0 saturated carbocycles. The number of likely N-dealkylation sites (N-methyl/N-ethyl adjacent to an activating group) is 1. The molecule has 0 radical (unpaired) electrons. The summed E-state index contributed by atoms with van der Waals surface area (Å²) < 4.78 is 10.6. The van der Waals surface area contributed by atoms with E-state index in [9.17, 15) is 4.79 Å². The third kappa shape index (κ3) is 4.20. The van der Waals surface area contributed by atoms with Crippen LogP contribution in [0.3, 0.4) is 0 Å². The summed E-state index contributed by atoms with van der Waals surface area (Å²) in [5, 5.41) is 1.00. The molecule has 0 aliphatic heterocycles. The molecular formula is C23H28N2O3. The summed E-state index contributed by atoms with van der Waals surface area (Å²) in [6, 6.07) is 12.1. The van der Waals surface area contributed by atoms with Crippen LogP contribution in [0.1, 0.15) is 27.2 Å². The van der Waals surface area contributed by atoms with E-state index in [1.54, 1.807) is 14.2 Å². The van der Waals surface area contributed by atoms with E-state index in [0.29, 0.717) is 6.54 Å². The summed E-state index contributed by atoms with van der Waals surface area (Å²) in [6.45, 7) is 5.18. The monoisotopic (exact) mass is 380 g/mol. The maximum Gasteiger partial charge on any atom is 0.179 e. The van der Waals surface area contributed by atoms with Crippen LogP contribution in [0.15, 0.2) is 36.4 Å². The van der Waals surface area contributed by atoms with Crippen LogP contribution in [0.4, 0.5) is 0 Å². The molecule has 1 aromatic heterocycles. The summed E-state index contributed by atoms with van der Waals surface area (Å²) in [5.74, 6) is 1.59. The van der Waals surface area contributed by atoms with Crippen molar-refractivity contribution < 1.29 is 14.3 Å². The molecule has 0 amide bonds. The van der Waals surface area contributed by atoms with Gasteiger partial charge in [0.2, 0.25) is 0 Å². The van der Waals surface area contributed by atoms with Crippen molar-refractivity contribution in [3.8, 4) is 11.5 Å². The highest BCUT2D eigenvalue weighted by atomic mass is 16.5. The lowest BCUT2D eigenvalue weighted by atomic mass is 10.0. The van der Waals surface area contributed by atoms with E-state index in [1.165, 1.54) is 5.56 Å². The first-order valence-corrected chi connectivity index (χ1v) is 9.44. The Kier molecular flexibility index (Phi) is 6.05. The average molecular weight is 380 g/mol. The average Bonchev–Trinajstić information content (AvgIpc) is 3.00. The van der Waals surface area contributed by atoms with Crippen LogP contribution in [0.25, 0.3) is 10.9 Å². The number of hydrogen-bond donors (Lipinski definition) is 1. The van der Waals surface area contributed by atoms with Gasteiger partial charge in [-0.15, -0.1) is 0 Å². The molecule has 0 saturated heterocycles. The first kappa shape index (κ1) is 20.0. The number of fused-ring (bicyclic) bond motifs is 1. The molecule has 148 valence electrons. The Morgan fingerprint density at radius 1 is 1.04 bits per heavy atom. The number of methoxy groups -OCH3 is 2. The van der Waals surface area contributed by atoms with Gasteiger partial charge in [0.15, 0.2) is 17.3 Å². The van der Waals surface area contributed by atoms with Crippen LogP contribution in [0.2, 0.25) is 0 Å². The highest BCUT2D eigenvalue weighted by Gasteiger charge is 2.17. The number of nitrogens with one attached hydrogen (secondary N) is 1. The van der Waals surface area contributed by atoms with Gasteiger partial charge in [0, 0.05) is 28.7 Å². The number of benzene rings is 2. The van der Waals surface area contributed by atoms with E-state index in [-0.39, 0.29) is 5.78 Å². The van der Waals surface area contributed by atoms with Crippen LogP contribution in [0.5, 0.6) is 11.5 Å². The Morgan fingerprint density at radius 2 is 1.79 bits per heavy atom. The number of aryl methyl sites for hydroxylation is 2. The third-order valence-corrected chi connectivity index (χ3v) is 5.06. The third-order valence-electron chi connectivity index (χ3n) is 5.06. The van der Waals surface area contributed by atoms with Gasteiger partial charge in [-0.1, -0.05) is 18.2 Å². The number of Topliss-reactive ketones (excluding diaryl/α,β-unsaturated/α-hetero) is 1. The second-order valence-corrected chi connectivity index (χ2v) is 7.27. The number of H-pyrrole nitrogens is 1. The largest absolute Gasteiger partial charge is 0.493 e. The fourth-order valence-electron chi connectivity index (χ4n) is 3.56. The number of ketones is 1. The Labute approximate surface area is 166 Å². The van der Waals surface area contributed by atoms with Crippen molar-refractivity contribution in [1.29, 1.82) is 0 Å². The van der Waals surface area contributed by atoms with Gasteiger partial charge in [0.05, 0.1) is 20.8 Å². The molecule has 0 unspecified atom stereocenters. The first-order valence-electron chi connectivity index (χ1n) is 9.44. The van der Waals surface area contributed by atoms with Gasteiger partial charge < -0.3 is 14.5 Å². The predicted molar refractivity (Wildman–Crippen MR) is 113 cm³/mol. The molecular weight excluding hydrogens is 352 g/mol. The molecule has 3 rings (SSSR count). The fourth-order valence-corrected chi connectivity index (χ4v) is 3.56. The lowest BCUT2D eigenvalue weighted by Gasteiger charge is -2.16. The van der Waals surface area contributed by atoms with Crippen molar-refractivity contribution in [1.82, 2.24) is 9.88 Å². The van der Waals surface area contributed by atoms with Gasteiger partial charge >= 0.3 is 0 Å². The van der Waals surface area contributed by atoms with Crippen LogP contribution >= 0.6 is 0 Å². The molecule has 0 bridgehead atoms. The van der Waals surface area contributed by atoms with Gasteiger partial charge in [0.1, 0.15) is 0 Å². The number of carbonyl (C=O) groups excluding carboxylic acids is 1. The zero-order valence-corrected chi connectivity index (χ0v) is 17.3. The number of aromatic amines is 1. The molecule has 1 N–H and O–H groups in total. The first-order chi connectivity index (χ1) is 13.4. The SMILES string of the molecule is COc1ccc(CCN(C)CC(=O)c2c(C)[nH]c3cc(C)ccc23)cc1OC. The molecule has 28 heavy (non-hydrogen) atoms. The molecule has 2 aromatic carbocycles. The molecule has 1 heterocycles. The van der Waals surface area contributed by atoms with Crippen molar-refractivity contribution in [3.63, 3.8) is 0 Å². The Bertz CT molecular complexity index is 991. The Morgan fingerprint density at radius 3 is 2.50 bits per heavy atom. The van der Waals surface area contributed by atoms with E-state index >= 15 is 0 Å². The number of nitrogens with zero attached hydrogens (tertiary/aromatic N) is 1. The molecule has 0 aliphatic rings. The van der Waals surface area contributed by atoms with Crippen molar-refractivity contribution in [2.24, 2.45) is 0 Å². The summed E-state index contributed by atoms with van der Waals surface area (Å²) in [6.07, 6.45) is 0.830. The Balaban J connectivity index is 1.66. The minimum atomic E-state index is 0.141. The number of carbonyl (C=O) groups is 1. The highest BCUT2D eigenvalue weighted by Crippen LogP contribution is 2.28. The maximum absolute atomic E-state index is 12.9. The van der Waals surface area contributed by atoms with E-state index in [2.05, 4.69) is 22.9 Å². The summed E-state index contributed by atoms with van der Waals surface area (Å²) in [4.78, 5) is 18.3. The topological polar surface area (TPSA) is 54.6 Å². The van der Waals surface area contributed by atoms with Crippen molar-refractivity contribution in [3.05, 3.63) is 58.8 Å². The lowest BCUT2D eigenvalue weighted by Crippen LogP contribution is -2.28. The zero-order chi connectivity index (χ0) is 20.3. The summed E-state index contributed by atoms with van der Waals surface area (Å²) in [5.41, 5.74) is 5.08. The highest BCUT2D eigenvalue weighted by molar-refractivity contribution is 6.10. The fraction of sp³-hybridized carbons (Fsp3) is 0.348. The molecule has 3 aromatic rings. The van der Waals surface area contributed by atoms with E-state index in [1.807, 2.05) is 44.3 Å². The molecule has 0 spiro atoms. The number of rotatable bonds is 8. The van der Waals surface area contributed by atoms with Crippen molar-refractivity contribution in [2.75, 3.05) is 34.4 Å². The minimum Gasteiger partial charge on any atom is -0.493 e. The minimum absolute atomic E-state index is 0.141. The van der Waals surface area contributed by atoms with Crippen molar-refractivity contribution >= 4 is 16.7 Å². The van der Waals surface area contributed by atoms with Gasteiger partial charge in [-0.3, -0.25) is 9.69 Å².